The molecule has 6 nitrogen and oxygen atoms in total. The Hall–Kier alpha value is -1.76. The molecule has 0 unspecified atom stereocenters. The van der Waals surface area contributed by atoms with Gasteiger partial charge in [0.2, 0.25) is 0 Å². The van der Waals surface area contributed by atoms with E-state index in [1.165, 1.54) is 0 Å². The van der Waals surface area contributed by atoms with Gasteiger partial charge in [0.05, 0.1) is 28.3 Å². The number of halogens is 2. The van der Waals surface area contributed by atoms with Crippen molar-refractivity contribution in [2.24, 2.45) is 0 Å². The number of carbonyl (C=O) groups is 2. The van der Waals surface area contributed by atoms with Crippen molar-refractivity contribution in [3.8, 4) is 0 Å². The molecule has 0 aromatic heterocycles. The number of likely N-dealkylation sites (N-methyl/N-ethyl adjacent to an activating group) is 1. The Morgan fingerprint density at radius 3 is 2.58 bits per heavy atom. The summed E-state index contributed by atoms with van der Waals surface area (Å²) >= 11 is 12.0. The molecule has 0 saturated carbocycles. The molecule has 1 aliphatic rings. The van der Waals surface area contributed by atoms with Gasteiger partial charge in [-0.2, -0.15) is 0 Å². The Kier molecular flexibility index (Phi) is 7.32. The van der Waals surface area contributed by atoms with Crippen LogP contribution in [0.4, 0.5) is 4.79 Å². The third kappa shape index (κ3) is 5.13. The van der Waals surface area contributed by atoms with Crippen molar-refractivity contribution in [3.63, 3.8) is 0 Å². The number of hydrogen-bond donors (Lipinski definition) is 2. The van der Waals surface area contributed by atoms with Gasteiger partial charge in [-0.05, 0) is 38.1 Å². The summed E-state index contributed by atoms with van der Waals surface area (Å²) in [4.78, 5) is 26.3. The number of urea groups is 1. The second-order valence-corrected chi connectivity index (χ2v) is 6.91. The monoisotopic (exact) mass is 399 g/mol. The minimum Gasteiger partial charge on any atom is -0.463 e. The van der Waals surface area contributed by atoms with Crippen molar-refractivity contribution >= 4 is 35.2 Å². The lowest BCUT2D eigenvalue weighted by Crippen LogP contribution is -2.51. The summed E-state index contributed by atoms with van der Waals surface area (Å²) in [5.41, 5.74) is 2.00. The molecule has 2 amide bonds. The second-order valence-electron chi connectivity index (χ2n) is 6.09. The van der Waals surface area contributed by atoms with Gasteiger partial charge in [-0.15, -0.1) is 0 Å². The first-order valence-corrected chi connectivity index (χ1v) is 9.21. The van der Waals surface area contributed by atoms with E-state index >= 15 is 0 Å². The Morgan fingerprint density at radius 2 is 1.96 bits per heavy atom. The summed E-state index contributed by atoms with van der Waals surface area (Å²) in [6, 6.07) is 4.76. The molecule has 0 aliphatic carbocycles. The molecule has 0 spiro atoms. The molecular weight excluding hydrogens is 377 g/mol. The SMILES string of the molecule is CCOC(=O)C1=C(CN(C)Cc2ccc(Cl)c(Cl)c2)NC(=O)N[C@@H]1CC. The van der Waals surface area contributed by atoms with E-state index in [-0.39, 0.29) is 18.7 Å². The van der Waals surface area contributed by atoms with Crippen LogP contribution in [0, 0.1) is 0 Å². The third-order valence-electron chi connectivity index (χ3n) is 4.01. The van der Waals surface area contributed by atoms with Gasteiger partial charge in [-0.25, -0.2) is 9.59 Å². The van der Waals surface area contributed by atoms with Crippen LogP contribution in [0.3, 0.4) is 0 Å². The molecule has 1 aromatic carbocycles. The molecule has 1 heterocycles. The number of carbonyl (C=O) groups excluding carboxylic acids is 2. The largest absolute Gasteiger partial charge is 0.463 e. The summed E-state index contributed by atoms with van der Waals surface area (Å²) < 4.78 is 5.17. The second kappa shape index (κ2) is 9.26. The van der Waals surface area contributed by atoms with E-state index in [1.807, 2.05) is 24.9 Å². The molecule has 1 aromatic rings. The molecule has 8 heteroatoms. The molecule has 0 radical (unpaired) electrons. The predicted octanol–water partition coefficient (Wildman–Crippen LogP) is 3.33. The van der Waals surface area contributed by atoms with Gasteiger partial charge in [-0.1, -0.05) is 36.2 Å². The summed E-state index contributed by atoms with van der Waals surface area (Å²) in [5, 5.41) is 6.50. The van der Waals surface area contributed by atoms with Crippen LogP contribution in [-0.2, 0) is 16.1 Å². The summed E-state index contributed by atoms with van der Waals surface area (Å²) in [6.45, 7) is 4.91. The number of nitrogens with one attached hydrogen (secondary N) is 2. The van der Waals surface area contributed by atoms with Gasteiger partial charge in [-0.3, -0.25) is 4.90 Å². The fourth-order valence-corrected chi connectivity index (χ4v) is 3.18. The first-order valence-electron chi connectivity index (χ1n) is 8.45. The van der Waals surface area contributed by atoms with Crippen molar-refractivity contribution in [1.29, 1.82) is 0 Å². The van der Waals surface area contributed by atoms with Crippen molar-refractivity contribution in [2.45, 2.75) is 32.9 Å². The molecule has 0 bridgehead atoms. The summed E-state index contributed by atoms with van der Waals surface area (Å²) in [7, 11) is 1.90. The Bertz CT molecular complexity index is 722. The zero-order valence-electron chi connectivity index (χ0n) is 15.1. The summed E-state index contributed by atoms with van der Waals surface area (Å²) in [6.07, 6.45) is 0.599. The molecule has 142 valence electrons. The first kappa shape index (κ1) is 20.6. The molecule has 2 rings (SSSR count). The Labute approximate surface area is 163 Å². The van der Waals surface area contributed by atoms with Crippen LogP contribution in [-0.4, -0.2) is 43.1 Å². The average molecular weight is 400 g/mol. The van der Waals surface area contributed by atoms with E-state index in [1.54, 1.807) is 19.1 Å². The van der Waals surface area contributed by atoms with E-state index in [2.05, 4.69) is 10.6 Å². The molecule has 0 fully saturated rings. The van der Waals surface area contributed by atoms with Crippen LogP contribution in [0.2, 0.25) is 10.0 Å². The van der Waals surface area contributed by atoms with E-state index in [4.69, 9.17) is 27.9 Å². The first-order chi connectivity index (χ1) is 12.3. The van der Waals surface area contributed by atoms with Crippen molar-refractivity contribution in [2.75, 3.05) is 20.2 Å². The smallest absolute Gasteiger partial charge is 0.337 e. The standard InChI is InChI=1S/C18H23Cl2N3O3/c1-4-14-16(17(24)26-5-2)15(22-18(25)21-14)10-23(3)9-11-6-7-12(19)13(20)8-11/h6-8,14H,4-5,9-10H2,1-3H3,(H2,21,22,25)/t14-/m1/s1. The van der Waals surface area contributed by atoms with Crippen LogP contribution in [0.1, 0.15) is 25.8 Å². The quantitative estimate of drug-likeness (QED) is 0.689. The van der Waals surface area contributed by atoms with Crippen LogP contribution in [0.25, 0.3) is 0 Å². The maximum absolute atomic E-state index is 12.4. The fraction of sp³-hybridized carbons (Fsp3) is 0.444. The third-order valence-corrected chi connectivity index (χ3v) is 4.75. The Morgan fingerprint density at radius 1 is 1.23 bits per heavy atom. The molecule has 2 N–H and O–H groups in total. The maximum Gasteiger partial charge on any atom is 0.337 e. The number of benzene rings is 1. The lowest BCUT2D eigenvalue weighted by molar-refractivity contribution is -0.139. The van der Waals surface area contributed by atoms with Crippen molar-refractivity contribution in [1.82, 2.24) is 15.5 Å². The number of hydrogen-bond acceptors (Lipinski definition) is 4. The van der Waals surface area contributed by atoms with Crippen LogP contribution >= 0.6 is 23.2 Å². The van der Waals surface area contributed by atoms with Crippen molar-refractivity contribution < 1.29 is 14.3 Å². The highest BCUT2D eigenvalue weighted by atomic mass is 35.5. The normalized spacial score (nSPS) is 17.2. The minimum atomic E-state index is -0.412. The Balaban J connectivity index is 2.21. The van der Waals surface area contributed by atoms with Gasteiger partial charge in [0.15, 0.2) is 0 Å². The van der Waals surface area contributed by atoms with Crippen LogP contribution < -0.4 is 10.6 Å². The number of nitrogens with zero attached hydrogens (tertiary/aromatic N) is 1. The molecule has 1 aliphatic heterocycles. The highest BCUT2D eigenvalue weighted by molar-refractivity contribution is 6.42. The maximum atomic E-state index is 12.4. The number of esters is 1. The molecule has 26 heavy (non-hydrogen) atoms. The lowest BCUT2D eigenvalue weighted by Gasteiger charge is -2.30. The van der Waals surface area contributed by atoms with Gasteiger partial charge in [0.25, 0.3) is 0 Å². The van der Waals surface area contributed by atoms with Gasteiger partial charge in [0.1, 0.15) is 0 Å². The highest BCUT2D eigenvalue weighted by Crippen LogP contribution is 2.23. The number of rotatable bonds is 7. The van der Waals surface area contributed by atoms with Gasteiger partial charge < -0.3 is 15.4 Å². The highest BCUT2D eigenvalue weighted by Gasteiger charge is 2.31. The van der Waals surface area contributed by atoms with E-state index in [0.717, 1.165) is 5.56 Å². The fourth-order valence-electron chi connectivity index (χ4n) is 2.86. The average Bonchev–Trinajstić information content (AvgIpc) is 2.57. The lowest BCUT2D eigenvalue weighted by atomic mass is 10.00. The topological polar surface area (TPSA) is 70.7 Å². The van der Waals surface area contributed by atoms with Gasteiger partial charge >= 0.3 is 12.0 Å². The number of ether oxygens (including phenoxy) is 1. The van der Waals surface area contributed by atoms with E-state index < -0.39 is 5.97 Å². The molecule has 0 saturated heterocycles. The predicted molar refractivity (Wildman–Crippen MR) is 102 cm³/mol. The minimum absolute atomic E-state index is 0.277. The van der Waals surface area contributed by atoms with Crippen LogP contribution in [0.5, 0.6) is 0 Å². The molecular formula is C18H23Cl2N3O3. The summed E-state index contributed by atoms with van der Waals surface area (Å²) in [5.74, 6) is -0.412. The van der Waals surface area contributed by atoms with Crippen LogP contribution in [0.15, 0.2) is 29.5 Å². The number of amides is 2. The zero-order chi connectivity index (χ0) is 19.3. The van der Waals surface area contributed by atoms with Gasteiger partial charge in [0, 0.05) is 18.8 Å². The zero-order valence-corrected chi connectivity index (χ0v) is 16.6. The van der Waals surface area contributed by atoms with E-state index in [9.17, 15) is 9.59 Å². The van der Waals surface area contributed by atoms with Crippen molar-refractivity contribution in [3.05, 3.63) is 45.1 Å². The molecule has 1 atom stereocenters. The van der Waals surface area contributed by atoms with E-state index in [0.29, 0.717) is 40.8 Å².